The van der Waals surface area contributed by atoms with Crippen molar-refractivity contribution in [2.24, 2.45) is 5.92 Å². The van der Waals surface area contributed by atoms with Crippen LogP contribution in [0, 0.1) is 5.92 Å². The third kappa shape index (κ3) is 3.51. The number of ether oxygens (including phenoxy) is 1. The maximum atomic E-state index is 13.0. The van der Waals surface area contributed by atoms with Crippen LogP contribution in [-0.2, 0) is 11.3 Å². The topological polar surface area (TPSA) is 34.5 Å². The molecule has 1 amide bonds. The van der Waals surface area contributed by atoms with Crippen LogP contribution >= 0.6 is 15.9 Å². The molecule has 1 aromatic heterocycles. The van der Waals surface area contributed by atoms with Gasteiger partial charge in [-0.05, 0) is 47.7 Å². The van der Waals surface area contributed by atoms with Crippen molar-refractivity contribution >= 4 is 21.8 Å². The lowest BCUT2D eigenvalue weighted by Gasteiger charge is -2.25. The molecule has 1 aliphatic carbocycles. The molecule has 2 fully saturated rings. The van der Waals surface area contributed by atoms with Crippen molar-refractivity contribution in [3.05, 3.63) is 22.4 Å². The Morgan fingerprint density at radius 3 is 2.90 bits per heavy atom. The van der Waals surface area contributed by atoms with Crippen molar-refractivity contribution in [3.8, 4) is 0 Å². The van der Waals surface area contributed by atoms with Crippen LogP contribution in [0.1, 0.15) is 43.1 Å². The number of halogens is 1. The molecule has 1 atom stereocenters. The van der Waals surface area contributed by atoms with Crippen LogP contribution in [0.2, 0.25) is 0 Å². The first-order chi connectivity index (χ1) is 10.2. The van der Waals surface area contributed by atoms with Gasteiger partial charge in [-0.2, -0.15) is 0 Å². The third-order valence-corrected chi connectivity index (χ3v) is 4.71. The molecule has 2 aliphatic rings. The van der Waals surface area contributed by atoms with Gasteiger partial charge in [0.2, 0.25) is 0 Å². The predicted octanol–water partition coefficient (Wildman–Crippen LogP) is 3.30. The summed E-state index contributed by atoms with van der Waals surface area (Å²) in [5, 5.41) is 0. The highest BCUT2D eigenvalue weighted by atomic mass is 79.9. The van der Waals surface area contributed by atoms with Crippen molar-refractivity contribution in [3.63, 3.8) is 0 Å². The van der Waals surface area contributed by atoms with E-state index in [0.29, 0.717) is 12.0 Å². The lowest BCUT2D eigenvalue weighted by molar-refractivity contribution is 0.0695. The second-order valence-electron chi connectivity index (χ2n) is 6.16. The minimum atomic E-state index is 0.184. The molecule has 0 bridgehead atoms. The van der Waals surface area contributed by atoms with E-state index < -0.39 is 0 Å². The lowest BCUT2D eigenvalue weighted by Crippen LogP contribution is -2.38. The fraction of sp³-hybridized carbons (Fsp3) is 0.688. The number of rotatable bonds is 6. The van der Waals surface area contributed by atoms with Crippen LogP contribution in [0.15, 0.2) is 16.7 Å². The summed E-state index contributed by atoms with van der Waals surface area (Å²) < 4.78 is 8.52. The van der Waals surface area contributed by atoms with E-state index in [1.54, 1.807) is 0 Å². The summed E-state index contributed by atoms with van der Waals surface area (Å²) in [6, 6.07) is 2.40. The average molecular weight is 355 g/mol. The number of aryl methyl sites for hydroxylation is 1. The third-order valence-electron chi connectivity index (χ3n) is 4.27. The molecule has 0 spiro atoms. The second-order valence-corrected chi connectivity index (χ2v) is 7.07. The molecule has 0 N–H and O–H groups in total. The zero-order chi connectivity index (χ0) is 14.8. The summed E-state index contributed by atoms with van der Waals surface area (Å²) in [5.74, 6) is 0.691. The number of aromatic nitrogens is 1. The number of amides is 1. The van der Waals surface area contributed by atoms with Gasteiger partial charge in [0, 0.05) is 42.3 Å². The van der Waals surface area contributed by atoms with Gasteiger partial charge in [0.15, 0.2) is 0 Å². The Morgan fingerprint density at radius 1 is 1.48 bits per heavy atom. The molecule has 21 heavy (non-hydrogen) atoms. The fourth-order valence-corrected chi connectivity index (χ4v) is 3.48. The van der Waals surface area contributed by atoms with Gasteiger partial charge in [-0.1, -0.05) is 6.92 Å². The van der Waals surface area contributed by atoms with Gasteiger partial charge in [-0.3, -0.25) is 4.79 Å². The van der Waals surface area contributed by atoms with E-state index in [0.717, 1.165) is 62.2 Å². The zero-order valence-corrected chi connectivity index (χ0v) is 14.1. The average Bonchev–Trinajstić information content (AvgIpc) is 3.04. The van der Waals surface area contributed by atoms with Gasteiger partial charge in [0.1, 0.15) is 5.69 Å². The summed E-state index contributed by atoms with van der Waals surface area (Å²) in [6.45, 7) is 5.51. The van der Waals surface area contributed by atoms with E-state index in [1.807, 2.05) is 12.3 Å². The molecule has 1 saturated heterocycles. The molecule has 0 radical (unpaired) electrons. The monoisotopic (exact) mass is 354 g/mol. The largest absolute Gasteiger partial charge is 0.381 e. The van der Waals surface area contributed by atoms with Crippen LogP contribution in [0.3, 0.4) is 0 Å². The molecule has 116 valence electrons. The Kier molecular flexibility index (Phi) is 4.69. The molecule has 4 nitrogen and oxygen atoms in total. The normalized spacial score (nSPS) is 21.7. The second kappa shape index (κ2) is 6.53. The van der Waals surface area contributed by atoms with E-state index in [9.17, 15) is 4.79 Å². The first-order valence-corrected chi connectivity index (χ1v) is 8.72. The predicted molar refractivity (Wildman–Crippen MR) is 85.4 cm³/mol. The quantitative estimate of drug-likeness (QED) is 0.785. The number of carbonyl (C=O) groups excluding carboxylic acids is 1. The highest BCUT2D eigenvalue weighted by Crippen LogP contribution is 2.31. The first-order valence-electron chi connectivity index (χ1n) is 7.93. The number of carbonyl (C=O) groups is 1. The van der Waals surface area contributed by atoms with Gasteiger partial charge in [0.05, 0.1) is 6.61 Å². The minimum Gasteiger partial charge on any atom is -0.381 e. The van der Waals surface area contributed by atoms with Gasteiger partial charge in [0.25, 0.3) is 5.91 Å². The van der Waals surface area contributed by atoms with Crippen LogP contribution in [0.4, 0.5) is 0 Å². The van der Waals surface area contributed by atoms with Crippen LogP contribution in [0.25, 0.3) is 0 Å². The maximum absolute atomic E-state index is 13.0. The maximum Gasteiger partial charge on any atom is 0.270 e. The van der Waals surface area contributed by atoms with Crippen molar-refractivity contribution < 1.29 is 9.53 Å². The van der Waals surface area contributed by atoms with Gasteiger partial charge < -0.3 is 14.2 Å². The molecule has 1 unspecified atom stereocenters. The fourth-order valence-electron chi connectivity index (χ4n) is 3.02. The Bertz CT molecular complexity index is 504. The van der Waals surface area contributed by atoms with Gasteiger partial charge in [-0.25, -0.2) is 0 Å². The summed E-state index contributed by atoms with van der Waals surface area (Å²) in [5.41, 5.74) is 0.814. The Hall–Kier alpha value is -0.810. The molecule has 1 aromatic rings. The van der Waals surface area contributed by atoms with E-state index >= 15 is 0 Å². The summed E-state index contributed by atoms with van der Waals surface area (Å²) in [4.78, 5) is 15.1. The van der Waals surface area contributed by atoms with Crippen molar-refractivity contribution in [1.29, 1.82) is 0 Å². The molecule has 5 heteroatoms. The van der Waals surface area contributed by atoms with Gasteiger partial charge in [-0.15, -0.1) is 0 Å². The number of hydrogen-bond donors (Lipinski definition) is 0. The van der Waals surface area contributed by atoms with Crippen molar-refractivity contribution in [2.75, 3.05) is 19.8 Å². The molecular formula is C16H23BrN2O2. The Balaban J connectivity index is 1.76. The lowest BCUT2D eigenvalue weighted by atomic mass is 10.1. The van der Waals surface area contributed by atoms with Crippen molar-refractivity contribution in [1.82, 2.24) is 9.47 Å². The Morgan fingerprint density at radius 2 is 2.29 bits per heavy atom. The highest BCUT2D eigenvalue weighted by molar-refractivity contribution is 9.10. The summed E-state index contributed by atoms with van der Waals surface area (Å²) in [6.07, 6.45) is 6.42. The van der Waals surface area contributed by atoms with E-state index in [1.165, 1.54) is 0 Å². The molecule has 1 saturated carbocycles. The standard InChI is InChI=1S/C16H23BrN2O2/c1-2-6-18-10-13(17)8-15(18)16(20)19(14-3-4-14)9-12-5-7-21-11-12/h8,10,12,14H,2-7,9,11H2,1H3. The molecule has 2 heterocycles. The smallest absolute Gasteiger partial charge is 0.270 e. The van der Waals surface area contributed by atoms with Crippen LogP contribution < -0.4 is 0 Å². The number of nitrogens with zero attached hydrogens (tertiary/aromatic N) is 2. The van der Waals surface area contributed by atoms with E-state index in [-0.39, 0.29) is 5.91 Å². The molecule has 1 aliphatic heterocycles. The van der Waals surface area contributed by atoms with Gasteiger partial charge >= 0.3 is 0 Å². The molecule has 3 rings (SSSR count). The minimum absolute atomic E-state index is 0.184. The zero-order valence-electron chi connectivity index (χ0n) is 12.6. The highest BCUT2D eigenvalue weighted by Gasteiger charge is 2.36. The molecule has 0 aromatic carbocycles. The van der Waals surface area contributed by atoms with Crippen LogP contribution in [-0.4, -0.2) is 41.2 Å². The first kappa shape index (κ1) is 15.1. The van der Waals surface area contributed by atoms with E-state index in [4.69, 9.17) is 4.74 Å². The summed E-state index contributed by atoms with van der Waals surface area (Å²) in [7, 11) is 0. The number of hydrogen-bond acceptors (Lipinski definition) is 2. The summed E-state index contributed by atoms with van der Waals surface area (Å²) >= 11 is 3.50. The van der Waals surface area contributed by atoms with Crippen LogP contribution in [0.5, 0.6) is 0 Å². The molecular weight excluding hydrogens is 332 g/mol. The SMILES string of the molecule is CCCn1cc(Br)cc1C(=O)N(CC1CCOC1)C1CC1. The Labute approximate surface area is 134 Å². The van der Waals surface area contributed by atoms with Crippen molar-refractivity contribution in [2.45, 2.75) is 45.2 Å². The van der Waals surface area contributed by atoms with E-state index in [2.05, 4.69) is 32.3 Å².